The number of halogens is 1. The summed E-state index contributed by atoms with van der Waals surface area (Å²) in [7, 11) is 0. The van der Waals surface area contributed by atoms with Crippen LogP contribution in [0.25, 0.3) is 27.9 Å². The number of phenolic OH excluding ortho intramolecular Hbond substituents is 1. The van der Waals surface area contributed by atoms with Crippen LogP contribution in [0.2, 0.25) is 0 Å². The van der Waals surface area contributed by atoms with Gasteiger partial charge in [0.05, 0.1) is 11.1 Å². The van der Waals surface area contributed by atoms with E-state index in [2.05, 4.69) is 15.0 Å². The van der Waals surface area contributed by atoms with E-state index in [4.69, 9.17) is 15.6 Å². The lowest BCUT2D eigenvalue weighted by molar-refractivity contribution is -0.125. The molecule has 0 spiro atoms. The number of anilines is 1. The van der Waals surface area contributed by atoms with E-state index >= 15 is 0 Å². The number of hydrogen-bond acceptors (Lipinski definition) is 8. The van der Waals surface area contributed by atoms with Gasteiger partial charge in [-0.05, 0) is 49.2 Å². The zero-order valence-corrected chi connectivity index (χ0v) is 22.5. The summed E-state index contributed by atoms with van der Waals surface area (Å²) in [6.07, 6.45) is 2.95. The number of phenols is 1. The normalized spacial score (nSPS) is 12.2. The Morgan fingerprint density at radius 1 is 1.07 bits per heavy atom. The smallest absolute Gasteiger partial charge is 0.298 e. The van der Waals surface area contributed by atoms with Crippen LogP contribution in [0.1, 0.15) is 43.6 Å². The predicted molar refractivity (Wildman–Crippen MR) is 151 cm³/mol. The molecule has 0 fully saturated rings. The average molecular weight is 541 g/mol. The Morgan fingerprint density at radius 3 is 2.50 bits per heavy atom. The molecule has 3 heterocycles. The van der Waals surface area contributed by atoms with E-state index in [1.165, 1.54) is 23.1 Å². The van der Waals surface area contributed by atoms with Crippen molar-refractivity contribution in [3.05, 3.63) is 102 Å². The summed E-state index contributed by atoms with van der Waals surface area (Å²) >= 11 is 0. The molecule has 0 amide bonds. The van der Waals surface area contributed by atoms with Crippen molar-refractivity contribution in [3.8, 4) is 17.0 Å². The fourth-order valence-corrected chi connectivity index (χ4v) is 4.47. The molecule has 10 heteroatoms. The van der Waals surface area contributed by atoms with Gasteiger partial charge in [-0.15, -0.1) is 0 Å². The molecule has 0 aliphatic rings. The highest BCUT2D eigenvalue weighted by molar-refractivity contribution is 5.98. The average Bonchev–Trinajstić information content (AvgIpc) is 3.36. The van der Waals surface area contributed by atoms with Gasteiger partial charge in [0.25, 0.3) is 6.47 Å². The summed E-state index contributed by atoms with van der Waals surface area (Å²) in [5, 5.41) is 15.1. The van der Waals surface area contributed by atoms with Crippen molar-refractivity contribution in [2.75, 3.05) is 5.73 Å². The zero-order chi connectivity index (χ0) is 28.8. The Kier molecular flexibility index (Phi) is 8.48. The van der Waals surface area contributed by atoms with Crippen LogP contribution in [-0.2, 0) is 9.53 Å². The van der Waals surface area contributed by atoms with Crippen molar-refractivity contribution in [2.45, 2.75) is 33.7 Å². The Hall–Kier alpha value is -5.12. The number of nitrogens with two attached hydrogens (primary N) is 1. The molecule has 5 aromatic rings. The van der Waals surface area contributed by atoms with Gasteiger partial charge in [0.2, 0.25) is 0 Å². The number of carbonyl (C=O) groups excluding carboxylic acids is 1. The van der Waals surface area contributed by atoms with Crippen LogP contribution in [0.4, 0.5) is 10.2 Å². The van der Waals surface area contributed by atoms with Gasteiger partial charge in [-0.3, -0.25) is 9.78 Å². The molecule has 9 nitrogen and oxygen atoms in total. The van der Waals surface area contributed by atoms with Crippen molar-refractivity contribution in [2.24, 2.45) is 0 Å². The van der Waals surface area contributed by atoms with Gasteiger partial charge in [0.15, 0.2) is 5.65 Å². The second-order valence-corrected chi connectivity index (χ2v) is 8.61. The number of rotatable bonds is 7. The first-order chi connectivity index (χ1) is 19.4. The molecule has 1 atom stereocenters. The van der Waals surface area contributed by atoms with Crippen LogP contribution in [0, 0.1) is 12.7 Å². The lowest BCUT2D eigenvalue weighted by Gasteiger charge is -2.21. The minimum atomic E-state index is -0.704. The summed E-state index contributed by atoms with van der Waals surface area (Å²) in [6.45, 7) is 8.10. The van der Waals surface area contributed by atoms with Crippen molar-refractivity contribution < 1.29 is 19.0 Å². The van der Waals surface area contributed by atoms with E-state index < -0.39 is 11.9 Å². The topological polar surface area (TPSA) is 129 Å². The maximum Gasteiger partial charge on any atom is 0.298 e. The van der Waals surface area contributed by atoms with E-state index in [1.54, 1.807) is 19.2 Å². The largest absolute Gasteiger partial charge is 0.508 e. The number of ether oxygens (including phenoxy) is 1. The summed E-state index contributed by atoms with van der Waals surface area (Å²) in [5.41, 5.74) is 10.0. The van der Waals surface area contributed by atoms with Crippen molar-refractivity contribution in [1.29, 1.82) is 0 Å². The third-order valence-corrected chi connectivity index (χ3v) is 6.18. The lowest BCUT2D eigenvalue weighted by Crippen LogP contribution is -2.15. The van der Waals surface area contributed by atoms with Crippen LogP contribution >= 0.6 is 0 Å². The number of aryl methyl sites for hydroxylation is 1. The van der Waals surface area contributed by atoms with Gasteiger partial charge in [0, 0.05) is 23.4 Å². The van der Waals surface area contributed by atoms with Gasteiger partial charge >= 0.3 is 0 Å². The number of benzene rings is 2. The molecular weight excluding hydrogens is 511 g/mol. The Bertz CT molecular complexity index is 1660. The monoisotopic (exact) mass is 540 g/mol. The minimum Gasteiger partial charge on any atom is -0.508 e. The number of nitrogen functional groups attached to an aromatic ring is 1. The first kappa shape index (κ1) is 27.9. The number of aromatic nitrogens is 5. The number of allylic oxidation sites excluding steroid dienone is 1. The first-order valence-corrected chi connectivity index (χ1v) is 12.7. The second kappa shape index (κ2) is 12.2. The molecule has 40 heavy (non-hydrogen) atoms. The number of pyridine rings is 1. The Labute approximate surface area is 230 Å². The van der Waals surface area contributed by atoms with E-state index in [9.17, 15) is 14.3 Å². The molecule has 1 unspecified atom stereocenters. The molecule has 0 aliphatic carbocycles. The van der Waals surface area contributed by atoms with Crippen LogP contribution < -0.4 is 5.73 Å². The first-order valence-electron chi connectivity index (χ1n) is 12.7. The summed E-state index contributed by atoms with van der Waals surface area (Å²) in [6, 6.07) is 16.0. The molecule has 3 aromatic heterocycles. The maximum absolute atomic E-state index is 14.2. The molecule has 0 bridgehead atoms. The van der Waals surface area contributed by atoms with Crippen molar-refractivity contribution in [3.63, 3.8) is 0 Å². The number of hydrogen-bond donors (Lipinski definition) is 2. The molecule has 3 N–H and O–H groups in total. The third-order valence-electron chi connectivity index (χ3n) is 6.18. The molecule has 2 aromatic carbocycles. The summed E-state index contributed by atoms with van der Waals surface area (Å²) in [5.74, 6) is -0.526. The number of fused-ring (bicyclic) bond motifs is 1. The number of nitrogens with zero attached hydrogens (tertiary/aromatic N) is 5. The SMILES string of the molecule is CC.Cc1ccccc1/C(=C(\OC=O)C(C)n1nc(-c2cc(O)cc(F)c2)c2c(N)ncnc21)c1ccccn1. The number of carbonyl (C=O) groups is 1. The van der Waals surface area contributed by atoms with Gasteiger partial charge in [-0.25, -0.2) is 19.0 Å². The molecule has 0 saturated heterocycles. The van der Waals surface area contributed by atoms with E-state index in [1.807, 2.05) is 57.2 Å². The van der Waals surface area contributed by atoms with Gasteiger partial charge in [-0.1, -0.05) is 44.2 Å². The van der Waals surface area contributed by atoms with Crippen LogP contribution in [0.3, 0.4) is 0 Å². The predicted octanol–water partition coefficient (Wildman–Crippen LogP) is 5.84. The standard InChI is InChI=1S/C28H23FN6O3.C2H6/c1-16-7-3-4-8-21(16)23(22-9-5-6-10-31-22)26(38-15-36)17(2)35-28-24(27(30)32-14-33-28)25(34-35)18-11-19(29)13-20(37)12-18;1-2/h3-15,17,37H,1-2H3,(H2,30,32,33);1-2H3/b26-23+;. The molecule has 0 saturated carbocycles. The quantitative estimate of drug-likeness (QED) is 0.194. The molecular formula is C30H29FN6O3. The highest BCUT2D eigenvalue weighted by Crippen LogP contribution is 2.38. The fourth-order valence-electron chi connectivity index (χ4n) is 4.47. The maximum atomic E-state index is 14.2. The Morgan fingerprint density at radius 2 is 1.82 bits per heavy atom. The van der Waals surface area contributed by atoms with E-state index in [-0.39, 0.29) is 28.6 Å². The third kappa shape index (κ3) is 5.37. The Balaban J connectivity index is 0.00000181. The molecule has 204 valence electrons. The van der Waals surface area contributed by atoms with Crippen molar-refractivity contribution >= 4 is 28.9 Å². The molecule has 5 rings (SSSR count). The lowest BCUT2D eigenvalue weighted by atomic mass is 9.94. The number of aromatic hydroxyl groups is 1. The van der Waals surface area contributed by atoms with Crippen LogP contribution in [-0.4, -0.2) is 36.3 Å². The van der Waals surface area contributed by atoms with E-state index in [0.717, 1.165) is 17.2 Å². The second-order valence-electron chi connectivity index (χ2n) is 8.61. The minimum absolute atomic E-state index is 0.123. The summed E-state index contributed by atoms with van der Waals surface area (Å²) in [4.78, 5) is 24.8. The van der Waals surface area contributed by atoms with Crippen molar-refractivity contribution in [1.82, 2.24) is 24.7 Å². The van der Waals surface area contributed by atoms with Gasteiger partial charge < -0.3 is 15.6 Å². The van der Waals surface area contributed by atoms with Gasteiger partial charge in [0.1, 0.15) is 41.2 Å². The van der Waals surface area contributed by atoms with Crippen LogP contribution in [0.15, 0.2) is 78.9 Å². The summed E-state index contributed by atoms with van der Waals surface area (Å²) < 4.78 is 21.4. The van der Waals surface area contributed by atoms with E-state index in [0.29, 0.717) is 28.8 Å². The highest BCUT2D eigenvalue weighted by atomic mass is 19.1. The van der Waals surface area contributed by atoms with Crippen LogP contribution in [0.5, 0.6) is 5.75 Å². The zero-order valence-electron chi connectivity index (χ0n) is 22.5. The fraction of sp³-hybridized carbons (Fsp3) is 0.167. The highest BCUT2D eigenvalue weighted by Gasteiger charge is 2.27. The molecule has 0 aliphatic heterocycles. The van der Waals surface area contributed by atoms with Gasteiger partial charge in [-0.2, -0.15) is 5.10 Å². The molecule has 0 radical (unpaired) electrons.